The largest absolute Gasteiger partial charge is 0.477 e. The first-order valence-electron chi connectivity index (χ1n) is 5.17. The summed E-state index contributed by atoms with van der Waals surface area (Å²) in [5.41, 5.74) is 1.69. The Bertz CT molecular complexity index is 575. The second-order valence-corrected chi connectivity index (χ2v) is 4.59. The van der Waals surface area contributed by atoms with E-state index in [0.717, 1.165) is 16.5 Å². The zero-order chi connectivity index (χ0) is 12.6. The molecule has 0 atom stereocenters. The summed E-state index contributed by atoms with van der Waals surface area (Å²) in [6, 6.07) is 5.39. The molecule has 0 aliphatic rings. The summed E-state index contributed by atoms with van der Waals surface area (Å²) in [7, 11) is 3.78. The quantitative estimate of drug-likeness (QED) is 0.883. The van der Waals surface area contributed by atoms with Crippen molar-refractivity contribution < 1.29 is 9.90 Å². The number of H-pyrrole nitrogens is 1. The lowest BCUT2D eigenvalue weighted by Gasteiger charge is -2.10. The van der Waals surface area contributed by atoms with E-state index in [1.165, 1.54) is 0 Å². The minimum absolute atomic E-state index is 0.210. The summed E-state index contributed by atoms with van der Waals surface area (Å²) < 4.78 is 0. The van der Waals surface area contributed by atoms with E-state index in [9.17, 15) is 9.90 Å². The van der Waals surface area contributed by atoms with Crippen molar-refractivity contribution in [3.8, 4) is 0 Å². The molecule has 2 aromatic rings. The van der Waals surface area contributed by atoms with E-state index in [2.05, 4.69) is 4.98 Å². The molecule has 0 fully saturated rings. The van der Waals surface area contributed by atoms with E-state index >= 15 is 0 Å². The van der Waals surface area contributed by atoms with Crippen molar-refractivity contribution in [1.82, 2.24) is 9.88 Å². The van der Waals surface area contributed by atoms with Crippen molar-refractivity contribution in [2.75, 3.05) is 14.1 Å². The second kappa shape index (κ2) is 4.39. The van der Waals surface area contributed by atoms with Crippen LogP contribution in [-0.4, -0.2) is 35.1 Å². The lowest BCUT2D eigenvalue weighted by atomic mass is 10.1. The maximum atomic E-state index is 11.2. The summed E-state index contributed by atoms with van der Waals surface area (Å²) in [6.07, 6.45) is 0. The zero-order valence-electron chi connectivity index (χ0n) is 9.62. The maximum absolute atomic E-state index is 11.2. The SMILES string of the molecule is CN(C)Cc1c(C(=O)O)[nH]c2cccc(Cl)c12. The third-order valence-electron chi connectivity index (χ3n) is 2.57. The molecular weight excluding hydrogens is 240 g/mol. The van der Waals surface area contributed by atoms with E-state index in [0.29, 0.717) is 11.6 Å². The highest BCUT2D eigenvalue weighted by atomic mass is 35.5. The van der Waals surface area contributed by atoms with Gasteiger partial charge in [0, 0.05) is 23.0 Å². The van der Waals surface area contributed by atoms with Gasteiger partial charge in [-0.05, 0) is 26.2 Å². The number of carboxylic acids is 1. The number of halogens is 1. The molecule has 1 aromatic heterocycles. The van der Waals surface area contributed by atoms with Gasteiger partial charge >= 0.3 is 5.97 Å². The third kappa shape index (κ3) is 2.14. The Morgan fingerprint density at radius 2 is 2.18 bits per heavy atom. The second-order valence-electron chi connectivity index (χ2n) is 4.18. The molecule has 1 heterocycles. The fourth-order valence-corrected chi connectivity index (χ4v) is 2.22. The van der Waals surface area contributed by atoms with Gasteiger partial charge in [0.2, 0.25) is 0 Å². The Morgan fingerprint density at radius 3 is 2.76 bits per heavy atom. The number of hydrogen-bond acceptors (Lipinski definition) is 2. The molecule has 90 valence electrons. The number of aromatic amines is 1. The monoisotopic (exact) mass is 252 g/mol. The minimum Gasteiger partial charge on any atom is -0.477 e. The van der Waals surface area contributed by atoms with Crippen molar-refractivity contribution >= 4 is 28.5 Å². The van der Waals surface area contributed by atoms with E-state index < -0.39 is 5.97 Å². The molecule has 0 bridgehead atoms. The van der Waals surface area contributed by atoms with Gasteiger partial charge in [0.15, 0.2) is 0 Å². The van der Waals surface area contributed by atoms with Crippen molar-refractivity contribution in [2.24, 2.45) is 0 Å². The predicted molar refractivity (Wildman–Crippen MR) is 67.7 cm³/mol. The third-order valence-corrected chi connectivity index (χ3v) is 2.88. The average molecular weight is 253 g/mol. The van der Waals surface area contributed by atoms with Gasteiger partial charge in [-0.1, -0.05) is 17.7 Å². The molecule has 0 radical (unpaired) electrons. The highest BCUT2D eigenvalue weighted by Crippen LogP contribution is 2.30. The molecule has 0 amide bonds. The smallest absolute Gasteiger partial charge is 0.352 e. The summed E-state index contributed by atoms with van der Waals surface area (Å²) in [6.45, 7) is 0.533. The van der Waals surface area contributed by atoms with Gasteiger partial charge in [-0.2, -0.15) is 0 Å². The minimum atomic E-state index is -0.964. The molecule has 0 unspecified atom stereocenters. The number of rotatable bonds is 3. The number of carbonyl (C=O) groups is 1. The van der Waals surface area contributed by atoms with Crippen LogP contribution in [0.25, 0.3) is 10.9 Å². The molecule has 2 rings (SSSR count). The van der Waals surface area contributed by atoms with Gasteiger partial charge in [-0.15, -0.1) is 0 Å². The molecular formula is C12H13ClN2O2. The molecule has 0 saturated carbocycles. The number of aromatic carboxylic acids is 1. The van der Waals surface area contributed by atoms with Gasteiger partial charge in [-0.25, -0.2) is 4.79 Å². The van der Waals surface area contributed by atoms with E-state index in [1.54, 1.807) is 12.1 Å². The number of benzene rings is 1. The molecule has 0 spiro atoms. The Balaban J connectivity index is 2.73. The lowest BCUT2D eigenvalue weighted by molar-refractivity contribution is 0.0689. The zero-order valence-corrected chi connectivity index (χ0v) is 10.4. The van der Waals surface area contributed by atoms with Crippen LogP contribution in [0.4, 0.5) is 0 Å². The fraction of sp³-hybridized carbons (Fsp3) is 0.250. The van der Waals surface area contributed by atoms with E-state index in [4.69, 9.17) is 11.6 Å². The lowest BCUT2D eigenvalue weighted by Crippen LogP contribution is -2.13. The topological polar surface area (TPSA) is 56.3 Å². The van der Waals surface area contributed by atoms with Crippen molar-refractivity contribution in [3.05, 3.63) is 34.5 Å². The van der Waals surface area contributed by atoms with Gasteiger partial charge < -0.3 is 15.0 Å². The standard InChI is InChI=1S/C12H13ClN2O2/c1-15(2)6-7-10-8(13)4-3-5-9(10)14-11(7)12(16)17/h3-5,14H,6H2,1-2H3,(H,16,17). The van der Waals surface area contributed by atoms with Crippen LogP contribution in [0.3, 0.4) is 0 Å². The molecule has 0 aliphatic carbocycles. The molecule has 4 nitrogen and oxygen atoms in total. The highest BCUT2D eigenvalue weighted by Gasteiger charge is 2.18. The van der Waals surface area contributed by atoms with Gasteiger partial charge in [0.25, 0.3) is 0 Å². The number of fused-ring (bicyclic) bond motifs is 1. The first-order valence-corrected chi connectivity index (χ1v) is 5.55. The van der Waals surface area contributed by atoms with Gasteiger partial charge in [0.1, 0.15) is 5.69 Å². The van der Waals surface area contributed by atoms with Crippen LogP contribution in [-0.2, 0) is 6.54 Å². The maximum Gasteiger partial charge on any atom is 0.352 e. The Kier molecular flexibility index (Phi) is 3.09. The summed E-state index contributed by atoms with van der Waals surface area (Å²) in [4.78, 5) is 16.0. The predicted octanol–water partition coefficient (Wildman–Crippen LogP) is 2.58. The van der Waals surface area contributed by atoms with Crippen LogP contribution in [0.15, 0.2) is 18.2 Å². The number of nitrogens with zero attached hydrogens (tertiary/aromatic N) is 1. The van der Waals surface area contributed by atoms with E-state index in [1.807, 2.05) is 25.1 Å². The van der Waals surface area contributed by atoms with E-state index in [-0.39, 0.29) is 5.69 Å². The van der Waals surface area contributed by atoms with Gasteiger partial charge in [0.05, 0.1) is 5.02 Å². The molecule has 5 heteroatoms. The molecule has 1 aromatic carbocycles. The fourth-order valence-electron chi connectivity index (χ4n) is 1.93. The normalized spacial score (nSPS) is 11.3. The van der Waals surface area contributed by atoms with Crippen molar-refractivity contribution in [1.29, 1.82) is 0 Å². The van der Waals surface area contributed by atoms with Crippen LogP contribution in [0.5, 0.6) is 0 Å². The summed E-state index contributed by atoms with van der Waals surface area (Å²) in [5.74, 6) is -0.964. The first kappa shape index (κ1) is 12.0. The van der Waals surface area contributed by atoms with Crippen LogP contribution >= 0.6 is 11.6 Å². The highest BCUT2D eigenvalue weighted by molar-refractivity contribution is 6.36. The molecule has 0 saturated heterocycles. The van der Waals surface area contributed by atoms with Crippen LogP contribution in [0, 0.1) is 0 Å². The molecule has 17 heavy (non-hydrogen) atoms. The van der Waals surface area contributed by atoms with Crippen molar-refractivity contribution in [3.63, 3.8) is 0 Å². The Morgan fingerprint density at radius 1 is 1.47 bits per heavy atom. The Hall–Kier alpha value is -1.52. The number of nitrogens with one attached hydrogen (secondary N) is 1. The number of aromatic nitrogens is 1. The van der Waals surface area contributed by atoms with Gasteiger partial charge in [-0.3, -0.25) is 0 Å². The van der Waals surface area contributed by atoms with Crippen molar-refractivity contribution in [2.45, 2.75) is 6.54 Å². The van der Waals surface area contributed by atoms with Crippen LogP contribution in [0.2, 0.25) is 5.02 Å². The Labute approximate surface area is 104 Å². The van der Waals surface area contributed by atoms with Crippen LogP contribution in [0.1, 0.15) is 16.1 Å². The van der Waals surface area contributed by atoms with Crippen LogP contribution < -0.4 is 0 Å². The first-order chi connectivity index (χ1) is 8.00. The molecule has 0 aliphatic heterocycles. The average Bonchev–Trinajstić information content (AvgIpc) is 2.57. The number of carboxylic acid groups (broad SMARTS) is 1. The molecule has 2 N–H and O–H groups in total. The summed E-state index contributed by atoms with van der Waals surface area (Å²) in [5, 5.41) is 10.5. The summed E-state index contributed by atoms with van der Waals surface area (Å²) >= 11 is 6.13. The number of hydrogen-bond donors (Lipinski definition) is 2.